The highest BCUT2D eigenvalue weighted by molar-refractivity contribution is 7.22. The summed E-state index contributed by atoms with van der Waals surface area (Å²) in [6.07, 6.45) is 0.0643. The molecule has 6 nitrogen and oxygen atoms in total. The number of hydrogen-bond donors (Lipinski definition) is 1. The van der Waals surface area contributed by atoms with Crippen molar-refractivity contribution in [3.05, 3.63) is 23.2 Å². The third-order valence-corrected chi connectivity index (χ3v) is 3.87. The smallest absolute Gasteiger partial charge is 0.306 e. The number of fused-ring (bicyclic) bond motifs is 1. The number of hydrogen-bond acceptors (Lipinski definition) is 6. The van der Waals surface area contributed by atoms with Crippen molar-refractivity contribution in [1.29, 1.82) is 0 Å². The molecule has 0 bridgehead atoms. The van der Waals surface area contributed by atoms with Crippen molar-refractivity contribution in [2.45, 2.75) is 12.8 Å². The van der Waals surface area contributed by atoms with Crippen molar-refractivity contribution in [1.82, 2.24) is 4.98 Å². The zero-order valence-electron chi connectivity index (χ0n) is 11.9. The summed E-state index contributed by atoms with van der Waals surface area (Å²) in [5, 5.41) is 3.77. The number of ether oxygens (including phenoxy) is 2. The maximum absolute atomic E-state index is 11.8. The van der Waals surface area contributed by atoms with Crippen LogP contribution >= 0.6 is 22.9 Å². The van der Waals surface area contributed by atoms with Gasteiger partial charge in [0.05, 0.1) is 23.2 Å². The van der Waals surface area contributed by atoms with Gasteiger partial charge in [-0.2, -0.15) is 0 Å². The molecule has 0 unspecified atom stereocenters. The fourth-order valence-corrected chi connectivity index (χ4v) is 2.82. The van der Waals surface area contributed by atoms with Gasteiger partial charge in [0.15, 0.2) is 5.13 Å². The van der Waals surface area contributed by atoms with E-state index in [-0.39, 0.29) is 25.4 Å². The van der Waals surface area contributed by atoms with E-state index >= 15 is 0 Å². The minimum Gasteiger partial charge on any atom is -0.463 e. The monoisotopic (exact) mass is 342 g/mol. The maximum Gasteiger partial charge on any atom is 0.306 e. The summed E-state index contributed by atoms with van der Waals surface area (Å²) in [6, 6.07) is 5.32. The molecule has 0 radical (unpaired) electrons. The molecule has 1 amide bonds. The number of nitrogens with one attached hydrogen (secondary N) is 1. The highest BCUT2D eigenvalue weighted by Gasteiger charge is 2.11. The van der Waals surface area contributed by atoms with E-state index in [1.807, 2.05) is 0 Å². The van der Waals surface area contributed by atoms with E-state index in [1.54, 1.807) is 18.2 Å². The van der Waals surface area contributed by atoms with Crippen LogP contribution < -0.4 is 5.32 Å². The summed E-state index contributed by atoms with van der Waals surface area (Å²) in [5.41, 5.74) is 0.767. The first-order valence-corrected chi connectivity index (χ1v) is 7.78. The Labute approximate surface area is 136 Å². The van der Waals surface area contributed by atoms with Crippen LogP contribution in [-0.2, 0) is 19.1 Å². The highest BCUT2D eigenvalue weighted by Crippen LogP contribution is 2.28. The predicted octanol–water partition coefficient (Wildman–Crippen LogP) is 2.86. The molecule has 0 spiro atoms. The Morgan fingerprint density at radius 2 is 2.14 bits per heavy atom. The van der Waals surface area contributed by atoms with E-state index in [1.165, 1.54) is 18.4 Å². The van der Waals surface area contributed by atoms with E-state index in [0.29, 0.717) is 16.8 Å². The van der Waals surface area contributed by atoms with E-state index in [4.69, 9.17) is 21.1 Å². The SMILES string of the molecule is COCCOC(=O)CCC(=O)Nc1nc2ccc(Cl)cc2s1. The lowest BCUT2D eigenvalue weighted by molar-refractivity contribution is -0.145. The zero-order chi connectivity index (χ0) is 15.9. The first kappa shape index (κ1) is 16.7. The van der Waals surface area contributed by atoms with Gasteiger partial charge in [-0.1, -0.05) is 22.9 Å². The van der Waals surface area contributed by atoms with Gasteiger partial charge >= 0.3 is 5.97 Å². The van der Waals surface area contributed by atoms with E-state index in [0.717, 1.165) is 10.2 Å². The number of carbonyl (C=O) groups is 2. The van der Waals surface area contributed by atoms with Crippen LogP contribution in [0.1, 0.15) is 12.8 Å². The molecule has 0 saturated carbocycles. The van der Waals surface area contributed by atoms with Crippen LogP contribution in [0.5, 0.6) is 0 Å². The van der Waals surface area contributed by atoms with Crippen molar-refractivity contribution in [2.24, 2.45) is 0 Å². The minimum atomic E-state index is -0.428. The van der Waals surface area contributed by atoms with Crippen LogP contribution in [0.25, 0.3) is 10.2 Å². The second kappa shape index (κ2) is 8.07. The van der Waals surface area contributed by atoms with E-state index in [2.05, 4.69) is 10.3 Å². The van der Waals surface area contributed by atoms with Gasteiger partial charge in [0.25, 0.3) is 0 Å². The Hall–Kier alpha value is -1.70. The van der Waals surface area contributed by atoms with Crippen LogP contribution in [0.15, 0.2) is 18.2 Å². The number of amides is 1. The van der Waals surface area contributed by atoms with Gasteiger partial charge in [0, 0.05) is 18.6 Å². The first-order chi connectivity index (χ1) is 10.6. The number of benzene rings is 1. The van der Waals surface area contributed by atoms with Crippen LogP contribution in [-0.4, -0.2) is 37.2 Å². The average Bonchev–Trinajstić information content (AvgIpc) is 2.86. The van der Waals surface area contributed by atoms with Crippen LogP contribution in [0, 0.1) is 0 Å². The molecule has 1 heterocycles. The van der Waals surface area contributed by atoms with Gasteiger partial charge in [-0.15, -0.1) is 0 Å². The Morgan fingerprint density at radius 3 is 2.91 bits per heavy atom. The molecule has 0 aliphatic carbocycles. The number of aromatic nitrogens is 1. The summed E-state index contributed by atoms with van der Waals surface area (Å²) in [7, 11) is 1.52. The molecule has 0 saturated heterocycles. The van der Waals surface area contributed by atoms with Crippen molar-refractivity contribution in [2.75, 3.05) is 25.6 Å². The topological polar surface area (TPSA) is 77.5 Å². The normalized spacial score (nSPS) is 10.6. The molecule has 0 aliphatic heterocycles. The van der Waals surface area contributed by atoms with Crippen LogP contribution in [0.2, 0.25) is 5.02 Å². The zero-order valence-corrected chi connectivity index (χ0v) is 13.5. The lowest BCUT2D eigenvalue weighted by atomic mass is 10.3. The first-order valence-electron chi connectivity index (χ1n) is 6.59. The molecule has 22 heavy (non-hydrogen) atoms. The largest absolute Gasteiger partial charge is 0.463 e. The molecule has 1 aromatic heterocycles. The van der Waals surface area contributed by atoms with Crippen molar-refractivity contribution < 1.29 is 19.1 Å². The van der Waals surface area contributed by atoms with Gasteiger partial charge in [-0.05, 0) is 18.2 Å². The van der Waals surface area contributed by atoms with Gasteiger partial charge < -0.3 is 14.8 Å². The quantitative estimate of drug-likeness (QED) is 0.618. The molecule has 2 aromatic rings. The molecule has 0 atom stereocenters. The Kier molecular flexibility index (Phi) is 6.11. The maximum atomic E-state index is 11.8. The minimum absolute atomic E-state index is 0.0201. The second-order valence-electron chi connectivity index (χ2n) is 4.39. The summed E-state index contributed by atoms with van der Waals surface area (Å²) in [6.45, 7) is 0.530. The molecule has 118 valence electrons. The van der Waals surface area contributed by atoms with Gasteiger partial charge in [-0.3, -0.25) is 9.59 Å². The van der Waals surface area contributed by atoms with Crippen molar-refractivity contribution >= 4 is 50.2 Å². The molecular formula is C14H15ClN2O4S. The summed E-state index contributed by atoms with van der Waals surface area (Å²) in [5.74, 6) is -0.711. The highest BCUT2D eigenvalue weighted by atomic mass is 35.5. The molecule has 8 heteroatoms. The number of rotatable bonds is 7. The Bertz CT molecular complexity index is 674. The van der Waals surface area contributed by atoms with E-state index < -0.39 is 5.97 Å². The molecule has 2 rings (SSSR count). The number of nitrogens with zero attached hydrogens (tertiary/aromatic N) is 1. The van der Waals surface area contributed by atoms with Gasteiger partial charge in [0.1, 0.15) is 6.61 Å². The van der Waals surface area contributed by atoms with Gasteiger partial charge in [-0.25, -0.2) is 4.98 Å². The van der Waals surface area contributed by atoms with E-state index in [9.17, 15) is 9.59 Å². The summed E-state index contributed by atoms with van der Waals surface area (Å²) in [4.78, 5) is 27.4. The van der Waals surface area contributed by atoms with Crippen LogP contribution in [0.3, 0.4) is 0 Å². The fourth-order valence-electron chi connectivity index (χ4n) is 1.66. The standard InChI is InChI=1S/C14H15ClN2O4S/c1-20-6-7-21-13(19)5-4-12(18)17-14-16-10-3-2-9(15)8-11(10)22-14/h2-3,8H,4-7H2,1H3,(H,16,17,18). The average molecular weight is 343 g/mol. The molecular weight excluding hydrogens is 328 g/mol. The lowest BCUT2D eigenvalue weighted by Crippen LogP contribution is -2.15. The molecule has 1 aromatic carbocycles. The van der Waals surface area contributed by atoms with Gasteiger partial charge in [0.2, 0.25) is 5.91 Å². The lowest BCUT2D eigenvalue weighted by Gasteiger charge is -2.03. The third kappa shape index (κ3) is 4.94. The number of methoxy groups -OCH3 is 1. The van der Waals surface area contributed by atoms with Crippen molar-refractivity contribution in [3.63, 3.8) is 0 Å². The number of thiazole rings is 1. The predicted molar refractivity (Wildman–Crippen MR) is 85.3 cm³/mol. The fraction of sp³-hybridized carbons (Fsp3) is 0.357. The molecule has 1 N–H and O–H groups in total. The van der Waals surface area contributed by atoms with Crippen molar-refractivity contribution in [3.8, 4) is 0 Å². The summed E-state index contributed by atoms with van der Waals surface area (Å²) < 4.78 is 10.5. The number of esters is 1. The Balaban J connectivity index is 1.82. The second-order valence-corrected chi connectivity index (χ2v) is 5.86. The number of halogens is 1. The Morgan fingerprint density at radius 1 is 1.32 bits per heavy atom. The van der Waals surface area contributed by atoms with Crippen LogP contribution in [0.4, 0.5) is 5.13 Å². The molecule has 0 aliphatic rings. The molecule has 0 fully saturated rings. The third-order valence-electron chi connectivity index (χ3n) is 2.70. The number of anilines is 1. The summed E-state index contributed by atoms with van der Waals surface area (Å²) >= 11 is 7.23. The number of carbonyl (C=O) groups excluding carboxylic acids is 2.